The summed E-state index contributed by atoms with van der Waals surface area (Å²) in [6.07, 6.45) is 1.65. The lowest BCUT2D eigenvalue weighted by atomic mass is 10.2. The molecule has 2 aromatic rings. The first-order valence-electron chi connectivity index (χ1n) is 3.93. The van der Waals surface area contributed by atoms with Crippen LogP contribution in [-0.4, -0.2) is 21.7 Å². The molecule has 1 aromatic carbocycles. The van der Waals surface area contributed by atoms with E-state index in [0.717, 1.165) is 16.6 Å². The van der Waals surface area contributed by atoms with Gasteiger partial charge in [0.25, 0.3) is 0 Å². The van der Waals surface area contributed by atoms with Crippen LogP contribution in [0.2, 0.25) is 0 Å². The Bertz CT molecular complexity index is 476. The standard InChI is InChI=1S/C10H8N2O/c13-5-1-2-8-3-4-9-10(6-8)12-7-11-9/h3-4,6-7,13H,5H2,(H,11,12). The number of fused-ring (bicyclic) bond motifs is 1. The lowest BCUT2D eigenvalue weighted by Gasteiger charge is -1.89. The summed E-state index contributed by atoms with van der Waals surface area (Å²) in [4.78, 5) is 7.08. The minimum absolute atomic E-state index is 0.110. The Morgan fingerprint density at radius 2 is 2.38 bits per heavy atom. The first-order chi connectivity index (χ1) is 6.40. The molecule has 0 saturated carbocycles. The summed E-state index contributed by atoms with van der Waals surface area (Å²) in [6, 6.07) is 5.68. The summed E-state index contributed by atoms with van der Waals surface area (Å²) >= 11 is 0. The average Bonchev–Trinajstić information content (AvgIpc) is 2.61. The highest BCUT2D eigenvalue weighted by molar-refractivity contribution is 5.76. The molecule has 0 aliphatic rings. The van der Waals surface area contributed by atoms with Crippen molar-refractivity contribution in [1.29, 1.82) is 0 Å². The number of imidazole rings is 1. The van der Waals surface area contributed by atoms with E-state index in [1.54, 1.807) is 6.33 Å². The number of hydrogen-bond acceptors (Lipinski definition) is 2. The highest BCUT2D eigenvalue weighted by Gasteiger charge is 1.94. The zero-order valence-electron chi connectivity index (χ0n) is 6.91. The van der Waals surface area contributed by atoms with Crippen LogP contribution < -0.4 is 0 Å². The fourth-order valence-corrected chi connectivity index (χ4v) is 1.15. The number of aliphatic hydroxyl groups is 1. The van der Waals surface area contributed by atoms with Crippen molar-refractivity contribution < 1.29 is 5.11 Å². The molecule has 0 fully saturated rings. The number of aliphatic hydroxyl groups excluding tert-OH is 1. The van der Waals surface area contributed by atoms with Crippen molar-refractivity contribution in [3.05, 3.63) is 30.1 Å². The maximum Gasteiger partial charge on any atom is 0.104 e. The lowest BCUT2D eigenvalue weighted by molar-refractivity contribution is 0.350. The predicted octanol–water partition coefficient (Wildman–Crippen LogP) is 0.907. The Morgan fingerprint density at radius 3 is 3.23 bits per heavy atom. The third-order valence-electron chi connectivity index (χ3n) is 1.73. The van der Waals surface area contributed by atoms with Gasteiger partial charge in [0, 0.05) is 5.56 Å². The number of benzene rings is 1. The van der Waals surface area contributed by atoms with Crippen molar-refractivity contribution in [1.82, 2.24) is 9.97 Å². The van der Waals surface area contributed by atoms with Gasteiger partial charge in [-0.2, -0.15) is 0 Å². The highest BCUT2D eigenvalue weighted by atomic mass is 16.2. The Balaban J connectivity index is 2.48. The van der Waals surface area contributed by atoms with Gasteiger partial charge in [-0.05, 0) is 18.2 Å². The monoisotopic (exact) mass is 172 g/mol. The second-order valence-electron chi connectivity index (χ2n) is 2.59. The van der Waals surface area contributed by atoms with Crippen molar-refractivity contribution in [2.24, 2.45) is 0 Å². The SMILES string of the molecule is OCC#Cc1ccc2nc[nH]c2c1. The van der Waals surface area contributed by atoms with Crippen molar-refractivity contribution in [3.8, 4) is 11.8 Å². The topological polar surface area (TPSA) is 48.9 Å². The Hall–Kier alpha value is -1.79. The summed E-state index contributed by atoms with van der Waals surface area (Å²) in [5.74, 6) is 5.42. The van der Waals surface area contributed by atoms with E-state index >= 15 is 0 Å². The minimum Gasteiger partial charge on any atom is -0.384 e. The van der Waals surface area contributed by atoms with Gasteiger partial charge in [-0.1, -0.05) is 11.8 Å². The van der Waals surface area contributed by atoms with Gasteiger partial charge in [-0.25, -0.2) is 4.98 Å². The van der Waals surface area contributed by atoms with Crippen LogP contribution in [0.4, 0.5) is 0 Å². The number of nitrogens with one attached hydrogen (secondary N) is 1. The molecule has 0 saturated heterocycles. The molecule has 0 radical (unpaired) electrons. The van der Waals surface area contributed by atoms with Crippen LogP contribution in [0.3, 0.4) is 0 Å². The van der Waals surface area contributed by atoms with Crippen molar-refractivity contribution in [2.75, 3.05) is 6.61 Å². The van der Waals surface area contributed by atoms with Crippen LogP contribution in [0, 0.1) is 11.8 Å². The first-order valence-corrected chi connectivity index (χ1v) is 3.93. The van der Waals surface area contributed by atoms with Crippen molar-refractivity contribution in [3.63, 3.8) is 0 Å². The molecule has 0 atom stereocenters. The van der Waals surface area contributed by atoms with Crippen LogP contribution in [0.25, 0.3) is 11.0 Å². The van der Waals surface area contributed by atoms with Gasteiger partial charge in [0.05, 0.1) is 17.4 Å². The van der Waals surface area contributed by atoms with E-state index in [1.807, 2.05) is 18.2 Å². The smallest absolute Gasteiger partial charge is 0.104 e. The summed E-state index contributed by atoms with van der Waals surface area (Å²) in [6.45, 7) is -0.110. The second kappa shape index (κ2) is 3.30. The van der Waals surface area contributed by atoms with E-state index in [0.29, 0.717) is 0 Å². The Labute approximate surface area is 75.4 Å². The van der Waals surface area contributed by atoms with Gasteiger partial charge in [-0.3, -0.25) is 0 Å². The molecule has 13 heavy (non-hydrogen) atoms. The number of H-pyrrole nitrogens is 1. The molecular formula is C10H8N2O. The fraction of sp³-hybridized carbons (Fsp3) is 0.100. The molecule has 3 heteroatoms. The summed E-state index contributed by atoms with van der Waals surface area (Å²) < 4.78 is 0. The van der Waals surface area contributed by atoms with Gasteiger partial charge in [0.15, 0.2) is 0 Å². The maximum atomic E-state index is 8.51. The average molecular weight is 172 g/mol. The van der Waals surface area contributed by atoms with Gasteiger partial charge < -0.3 is 10.1 Å². The molecule has 0 aliphatic carbocycles. The summed E-state index contributed by atoms with van der Waals surface area (Å²) in [7, 11) is 0. The summed E-state index contributed by atoms with van der Waals surface area (Å²) in [5, 5.41) is 8.51. The van der Waals surface area contributed by atoms with Crippen LogP contribution in [0.15, 0.2) is 24.5 Å². The predicted molar refractivity (Wildman–Crippen MR) is 50.1 cm³/mol. The molecule has 0 amide bonds. The molecule has 3 nitrogen and oxygen atoms in total. The molecule has 0 spiro atoms. The van der Waals surface area contributed by atoms with Gasteiger partial charge in [-0.15, -0.1) is 0 Å². The molecule has 0 aliphatic heterocycles. The summed E-state index contributed by atoms with van der Waals surface area (Å²) in [5.41, 5.74) is 2.77. The molecule has 2 N–H and O–H groups in total. The Kier molecular flexibility index (Phi) is 1.99. The van der Waals surface area contributed by atoms with E-state index in [4.69, 9.17) is 5.11 Å². The zero-order valence-corrected chi connectivity index (χ0v) is 6.91. The number of aromatic nitrogens is 2. The van der Waals surface area contributed by atoms with Gasteiger partial charge in [0.1, 0.15) is 6.61 Å². The molecule has 0 unspecified atom stereocenters. The lowest BCUT2D eigenvalue weighted by Crippen LogP contribution is -1.77. The quantitative estimate of drug-likeness (QED) is 0.580. The second-order valence-corrected chi connectivity index (χ2v) is 2.59. The van der Waals surface area contributed by atoms with Crippen molar-refractivity contribution >= 4 is 11.0 Å². The van der Waals surface area contributed by atoms with Crippen LogP contribution in [0.5, 0.6) is 0 Å². The molecule has 2 rings (SSSR count). The largest absolute Gasteiger partial charge is 0.384 e. The molecule has 0 bridgehead atoms. The normalized spacial score (nSPS) is 9.62. The van der Waals surface area contributed by atoms with Crippen LogP contribution in [-0.2, 0) is 0 Å². The number of aromatic amines is 1. The fourth-order valence-electron chi connectivity index (χ4n) is 1.15. The minimum atomic E-state index is -0.110. The first kappa shape index (κ1) is 7.84. The van der Waals surface area contributed by atoms with Crippen LogP contribution in [0.1, 0.15) is 5.56 Å². The zero-order chi connectivity index (χ0) is 9.10. The van der Waals surface area contributed by atoms with E-state index in [1.165, 1.54) is 0 Å². The maximum absolute atomic E-state index is 8.51. The number of rotatable bonds is 0. The highest BCUT2D eigenvalue weighted by Crippen LogP contribution is 2.10. The number of hydrogen-bond donors (Lipinski definition) is 2. The third-order valence-corrected chi connectivity index (χ3v) is 1.73. The van der Waals surface area contributed by atoms with Crippen molar-refractivity contribution in [2.45, 2.75) is 0 Å². The number of nitrogens with zero attached hydrogens (tertiary/aromatic N) is 1. The van der Waals surface area contributed by atoms with Crippen LogP contribution >= 0.6 is 0 Å². The van der Waals surface area contributed by atoms with E-state index in [2.05, 4.69) is 21.8 Å². The molecule has 1 heterocycles. The van der Waals surface area contributed by atoms with Gasteiger partial charge >= 0.3 is 0 Å². The van der Waals surface area contributed by atoms with Gasteiger partial charge in [0.2, 0.25) is 0 Å². The molecule has 64 valence electrons. The van der Waals surface area contributed by atoms with E-state index < -0.39 is 0 Å². The van der Waals surface area contributed by atoms with E-state index in [9.17, 15) is 0 Å². The molecular weight excluding hydrogens is 164 g/mol. The molecule has 1 aromatic heterocycles. The Morgan fingerprint density at radius 1 is 1.46 bits per heavy atom. The third kappa shape index (κ3) is 1.53. The van der Waals surface area contributed by atoms with E-state index in [-0.39, 0.29) is 6.61 Å².